The zero-order valence-corrected chi connectivity index (χ0v) is 36.6. The number of fused-ring (bicyclic) bond motifs is 18. The fraction of sp³-hybridized carbons (Fsp3) is 0.0938. The molecule has 0 heterocycles. The molecule has 0 saturated carbocycles. The van der Waals surface area contributed by atoms with Gasteiger partial charge in [0.2, 0.25) is 0 Å². The van der Waals surface area contributed by atoms with Crippen molar-refractivity contribution in [3.05, 3.63) is 226 Å². The first-order chi connectivity index (χ1) is 31.3. The Kier molecular flexibility index (Phi) is 7.80. The molecule has 0 N–H and O–H groups in total. The van der Waals surface area contributed by atoms with Gasteiger partial charge in [0.05, 0.1) is 0 Å². The molecular formula is C64H46. The van der Waals surface area contributed by atoms with Gasteiger partial charge in [-0.05, 0) is 131 Å². The maximum atomic E-state index is 2.44. The van der Waals surface area contributed by atoms with Crippen molar-refractivity contribution in [2.24, 2.45) is 0 Å². The molecule has 0 spiro atoms. The number of rotatable bonds is 4. The van der Waals surface area contributed by atoms with Gasteiger partial charge in [0, 0.05) is 10.8 Å². The molecule has 0 bridgehead atoms. The highest BCUT2D eigenvalue weighted by Gasteiger charge is 2.40. The Bertz CT molecular complexity index is 3570. The minimum Gasteiger partial charge on any atom is -0.0616 e. The Morgan fingerprint density at radius 1 is 0.281 bits per heavy atom. The van der Waals surface area contributed by atoms with Crippen molar-refractivity contribution in [1.82, 2.24) is 0 Å². The Morgan fingerprint density at radius 2 is 0.562 bits per heavy atom. The van der Waals surface area contributed by atoms with E-state index < -0.39 is 0 Å². The van der Waals surface area contributed by atoms with Crippen molar-refractivity contribution >= 4 is 88.9 Å². The Hall–Kier alpha value is -7.54. The second-order valence-electron chi connectivity index (χ2n) is 19.1. The predicted octanol–water partition coefficient (Wildman–Crippen LogP) is 17.6. The van der Waals surface area contributed by atoms with Crippen LogP contribution in [0, 0.1) is 0 Å². The molecule has 0 saturated heterocycles. The van der Waals surface area contributed by atoms with E-state index in [1.807, 2.05) is 0 Å². The summed E-state index contributed by atoms with van der Waals surface area (Å²) in [6.45, 7) is 9.63. The molecular weight excluding hydrogens is 769 g/mol. The average Bonchev–Trinajstić information content (AvgIpc) is 3.72. The van der Waals surface area contributed by atoms with Gasteiger partial charge in [-0.3, -0.25) is 0 Å². The summed E-state index contributed by atoms with van der Waals surface area (Å²) in [5, 5.41) is 15.7. The summed E-state index contributed by atoms with van der Waals surface area (Å²) in [5.41, 5.74) is 15.8. The van der Waals surface area contributed by atoms with Crippen molar-refractivity contribution in [3.8, 4) is 22.3 Å². The van der Waals surface area contributed by atoms with E-state index in [4.69, 9.17) is 0 Å². The van der Waals surface area contributed by atoms with Crippen molar-refractivity contribution in [2.45, 2.75) is 38.5 Å². The Balaban J connectivity index is 0.905. The standard InChI is InChI=1S/C64H46/c1-63(2)57-37-39(31-35-55(57)59-51-25-13-9-21-45(51)47-23-11-15-27-53(47)61(59)63)29-33-49-41-17-5-7-19-43(41)50(44-20-8-6-18-42(44)49)34-30-40-32-36-56-58(38-40)64(3,4)62-54-28-16-12-24-48(54)46-22-10-14-26-52(46)60(56)62/h5-38H,1-4H3/b33-29+,34-30+. The summed E-state index contributed by atoms with van der Waals surface area (Å²) in [6.07, 6.45) is 9.37. The molecule has 0 amide bonds. The van der Waals surface area contributed by atoms with E-state index in [1.54, 1.807) is 0 Å². The summed E-state index contributed by atoms with van der Waals surface area (Å²) in [6, 6.07) is 68.0. The van der Waals surface area contributed by atoms with Gasteiger partial charge in [-0.25, -0.2) is 0 Å². The van der Waals surface area contributed by atoms with E-state index in [2.05, 4.69) is 234 Å². The van der Waals surface area contributed by atoms with Gasteiger partial charge in [-0.1, -0.05) is 234 Å². The summed E-state index contributed by atoms with van der Waals surface area (Å²) < 4.78 is 0. The van der Waals surface area contributed by atoms with E-state index in [0.29, 0.717) is 0 Å². The highest BCUT2D eigenvalue weighted by molar-refractivity contribution is 6.20. The lowest BCUT2D eigenvalue weighted by atomic mass is 9.79. The van der Waals surface area contributed by atoms with Crippen LogP contribution in [0.3, 0.4) is 0 Å². The molecule has 0 aromatic heterocycles. The van der Waals surface area contributed by atoms with Gasteiger partial charge in [0.25, 0.3) is 0 Å². The third-order valence-electron chi connectivity index (χ3n) is 15.0. The van der Waals surface area contributed by atoms with Gasteiger partial charge >= 0.3 is 0 Å². The first-order valence-electron chi connectivity index (χ1n) is 22.8. The van der Waals surface area contributed by atoms with Crippen LogP contribution in [0.2, 0.25) is 0 Å². The van der Waals surface area contributed by atoms with Crippen LogP contribution >= 0.6 is 0 Å². The monoisotopic (exact) mass is 814 g/mol. The molecule has 302 valence electrons. The first-order valence-corrected chi connectivity index (χ1v) is 22.8. The molecule has 2 aliphatic carbocycles. The van der Waals surface area contributed by atoms with Gasteiger partial charge in [0.1, 0.15) is 0 Å². The molecule has 2 aliphatic rings. The normalized spacial score (nSPS) is 14.7. The molecule has 11 aromatic carbocycles. The molecule has 0 fully saturated rings. The zero-order chi connectivity index (χ0) is 42.9. The molecule has 11 aromatic rings. The average molecular weight is 815 g/mol. The van der Waals surface area contributed by atoms with Crippen LogP contribution in [-0.4, -0.2) is 0 Å². The van der Waals surface area contributed by atoms with Crippen LogP contribution in [0.4, 0.5) is 0 Å². The quantitative estimate of drug-likeness (QED) is 0.0943. The summed E-state index contributed by atoms with van der Waals surface area (Å²) >= 11 is 0. The van der Waals surface area contributed by atoms with Crippen molar-refractivity contribution in [3.63, 3.8) is 0 Å². The lowest BCUT2D eigenvalue weighted by Gasteiger charge is -2.24. The number of hydrogen-bond donors (Lipinski definition) is 0. The van der Waals surface area contributed by atoms with E-state index in [9.17, 15) is 0 Å². The minimum absolute atomic E-state index is 0.146. The molecule has 0 aliphatic heterocycles. The topological polar surface area (TPSA) is 0 Å². The van der Waals surface area contributed by atoms with E-state index >= 15 is 0 Å². The van der Waals surface area contributed by atoms with E-state index in [1.165, 1.54) is 131 Å². The van der Waals surface area contributed by atoms with Gasteiger partial charge < -0.3 is 0 Å². The molecule has 0 nitrogen and oxygen atoms in total. The van der Waals surface area contributed by atoms with Gasteiger partial charge in [-0.2, -0.15) is 0 Å². The summed E-state index contributed by atoms with van der Waals surface area (Å²) in [4.78, 5) is 0. The second-order valence-corrected chi connectivity index (χ2v) is 19.1. The minimum atomic E-state index is -0.146. The van der Waals surface area contributed by atoms with Crippen LogP contribution < -0.4 is 0 Å². The maximum absolute atomic E-state index is 2.44. The largest absolute Gasteiger partial charge is 0.0616 e. The molecule has 0 atom stereocenters. The molecule has 13 rings (SSSR count). The smallest absolute Gasteiger partial charge is 0.0165 e. The number of benzene rings is 11. The highest BCUT2D eigenvalue weighted by Crippen LogP contribution is 2.56. The van der Waals surface area contributed by atoms with E-state index in [0.717, 1.165) is 0 Å². The Morgan fingerprint density at radius 3 is 0.906 bits per heavy atom. The third kappa shape index (κ3) is 5.11. The zero-order valence-electron chi connectivity index (χ0n) is 36.6. The summed E-state index contributed by atoms with van der Waals surface area (Å²) in [5.74, 6) is 0. The molecule has 0 heteroatoms. The maximum Gasteiger partial charge on any atom is 0.0165 e. The SMILES string of the molecule is CC1(C)c2cc(/C=C/c3c4ccccc4c(/C=C/c4ccc5c(c4)C(C)(C)c4c-5c5ccccc5c5ccccc45)c4ccccc34)ccc2-c2c1c1ccccc1c1ccccc21. The predicted molar refractivity (Wildman–Crippen MR) is 277 cm³/mol. The fourth-order valence-electron chi connectivity index (χ4n) is 12.1. The van der Waals surface area contributed by atoms with Crippen LogP contribution in [-0.2, 0) is 10.8 Å². The third-order valence-corrected chi connectivity index (χ3v) is 15.0. The van der Waals surface area contributed by atoms with Crippen LogP contribution in [0.1, 0.15) is 72.2 Å². The molecule has 0 unspecified atom stereocenters. The van der Waals surface area contributed by atoms with Crippen LogP contribution in [0.5, 0.6) is 0 Å². The fourth-order valence-corrected chi connectivity index (χ4v) is 12.1. The van der Waals surface area contributed by atoms with E-state index in [-0.39, 0.29) is 10.8 Å². The highest BCUT2D eigenvalue weighted by atomic mass is 14.4. The van der Waals surface area contributed by atoms with Crippen molar-refractivity contribution in [2.75, 3.05) is 0 Å². The summed E-state index contributed by atoms with van der Waals surface area (Å²) in [7, 11) is 0. The van der Waals surface area contributed by atoms with Gasteiger partial charge in [0.15, 0.2) is 0 Å². The van der Waals surface area contributed by atoms with Gasteiger partial charge in [-0.15, -0.1) is 0 Å². The van der Waals surface area contributed by atoms with Crippen LogP contribution in [0.25, 0.3) is 111 Å². The van der Waals surface area contributed by atoms with Crippen molar-refractivity contribution < 1.29 is 0 Å². The second kappa shape index (κ2) is 13.5. The lowest BCUT2D eigenvalue weighted by molar-refractivity contribution is 0.666. The lowest BCUT2D eigenvalue weighted by Crippen LogP contribution is -2.15. The Labute approximate surface area is 374 Å². The molecule has 0 radical (unpaired) electrons. The number of hydrogen-bond acceptors (Lipinski definition) is 0. The molecule has 64 heavy (non-hydrogen) atoms. The first kappa shape index (κ1) is 37.1. The van der Waals surface area contributed by atoms with Crippen molar-refractivity contribution in [1.29, 1.82) is 0 Å². The van der Waals surface area contributed by atoms with Crippen LogP contribution in [0.15, 0.2) is 182 Å².